The average molecular weight is 255 g/mol. The maximum Gasteiger partial charge on any atom is 0.221 e. The second-order valence-corrected chi connectivity index (χ2v) is 4.52. The van der Waals surface area contributed by atoms with Gasteiger partial charge < -0.3 is 11.1 Å². The molecule has 4 heteroatoms. The lowest BCUT2D eigenvalue weighted by molar-refractivity contribution is -0.114. The van der Waals surface area contributed by atoms with Gasteiger partial charge in [-0.25, -0.2) is 0 Å². The minimum absolute atomic E-state index is 0. The second-order valence-electron chi connectivity index (χ2n) is 4.52. The van der Waals surface area contributed by atoms with E-state index < -0.39 is 0 Å². The first-order valence-electron chi connectivity index (χ1n) is 5.80. The highest BCUT2D eigenvalue weighted by atomic mass is 35.5. The molecule has 1 aliphatic carbocycles. The Morgan fingerprint density at radius 3 is 2.35 bits per heavy atom. The third-order valence-corrected chi connectivity index (χ3v) is 3.27. The van der Waals surface area contributed by atoms with E-state index in [0.717, 1.165) is 5.69 Å². The molecule has 1 saturated carbocycles. The average Bonchev–Trinajstić information content (AvgIpc) is 2.15. The van der Waals surface area contributed by atoms with Crippen LogP contribution >= 0.6 is 12.4 Å². The number of amides is 1. The molecular formula is C13H19ClN2O. The fourth-order valence-corrected chi connectivity index (χ4v) is 2.06. The second kappa shape index (κ2) is 6.03. The minimum Gasteiger partial charge on any atom is -0.326 e. The molecule has 3 nitrogen and oxygen atoms in total. The van der Waals surface area contributed by atoms with E-state index >= 15 is 0 Å². The fourth-order valence-electron chi connectivity index (χ4n) is 2.06. The summed E-state index contributed by atoms with van der Waals surface area (Å²) in [6.45, 7) is 1.51. The standard InChI is InChI=1S/C13H18N2O.ClH/c1-9(16)15-12-7-5-11(6-8-12)13(14)10-3-2-4-10;/h5-8,10,13H,2-4,14H2,1H3,(H,15,16);1H/t13-;/m0./s1. The first-order chi connectivity index (χ1) is 7.66. The number of halogens is 1. The van der Waals surface area contributed by atoms with Gasteiger partial charge in [0.15, 0.2) is 0 Å². The van der Waals surface area contributed by atoms with E-state index in [9.17, 15) is 4.79 Å². The molecule has 0 saturated heterocycles. The molecule has 0 radical (unpaired) electrons. The molecule has 0 aromatic heterocycles. The lowest BCUT2D eigenvalue weighted by atomic mass is 9.77. The zero-order valence-electron chi connectivity index (χ0n) is 9.98. The van der Waals surface area contributed by atoms with Crippen LogP contribution in [0.25, 0.3) is 0 Å². The number of hydrogen-bond acceptors (Lipinski definition) is 2. The SMILES string of the molecule is CC(=O)Nc1ccc([C@@H](N)C2CCC2)cc1.Cl. The number of anilines is 1. The van der Waals surface area contributed by atoms with Gasteiger partial charge in [-0.2, -0.15) is 0 Å². The molecule has 1 aromatic rings. The normalized spacial score (nSPS) is 16.6. The molecule has 0 heterocycles. The van der Waals surface area contributed by atoms with Crippen molar-refractivity contribution < 1.29 is 4.79 Å². The molecule has 1 fully saturated rings. The Bertz CT molecular complexity index is 374. The van der Waals surface area contributed by atoms with Crippen molar-refractivity contribution in [1.29, 1.82) is 0 Å². The van der Waals surface area contributed by atoms with Crippen LogP contribution in [-0.2, 0) is 4.79 Å². The highest BCUT2D eigenvalue weighted by molar-refractivity contribution is 5.88. The Balaban J connectivity index is 0.00000144. The quantitative estimate of drug-likeness (QED) is 0.872. The van der Waals surface area contributed by atoms with E-state index in [1.165, 1.54) is 31.7 Å². The van der Waals surface area contributed by atoms with Gasteiger partial charge in [0.25, 0.3) is 0 Å². The molecule has 17 heavy (non-hydrogen) atoms. The molecule has 1 aliphatic rings. The van der Waals surface area contributed by atoms with Gasteiger partial charge in [0.05, 0.1) is 0 Å². The van der Waals surface area contributed by atoms with Crippen LogP contribution in [0.3, 0.4) is 0 Å². The predicted molar refractivity (Wildman–Crippen MR) is 72.3 cm³/mol. The van der Waals surface area contributed by atoms with E-state index in [4.69, 9.17) is 5.73 Å². The van der Waals surface area contributed by atoms with Gasteiger partial charge in [-0.15, -0.1) is 12.4 Å². The molecule has 1 aromatic carbocycles. The summed E-state index contributed by atoms with van der Waals surface area (Å²) in [6, 6.07) is 7.99. The number of rotatable bonds is 3. The number of carbonyl (C=O) groups excluding carboxylic acids is 1. The van der Waals surface area contributed by atoms with Crippen molar-refractivity contribution in [2.24, 2.45) is 11.7 Å². The first-order valence-corrected chi connectivity index (χ1v) is 5.80. The third kappa shape index (κ3) is 3.45. The van der Waals surface area contributed by atoms with Gasteiger partial charge in [0, 0.05) is 18.7 Å². The van der Waals surface area contributed by atoms with E-state index in [2.05, 4.69) is 5.32 Å². The van der Waals surface area contributed by atoms with Gasteiger partial charge in [-0.3, -0.25) is 4.79 Å². The largest absolute Gasteiger partial charge is 0.326 e. The Hall–Kier alpha value is -1.06. The summed E-state index contributed by atoms with van der Waals surface area (Å²) in [5.41, 5.74) is 8.16. The van der Waals surface area contributed by atoms with Crippen LogP contribution in [0, 0.1) is 5.92 Å². The smallest absolute Gasteiger partial charge is 0.221 e. The highest BCUT2D eigenvalue weighted by Crippen LogP contribution is 2.36. The van der Waals surface area contributed by atoms with Crippen molar-refractivity contribution in [3.8, 4) is 0 Å². The Kier molecular flexibility index (Phi) is 4.97. The highest BCUT2D eigenvalue weighted by Gasteiger charge is 2.25. The van der Waals surface area contributed by atoms with Gasteiger partial charge in [0.2, 0.25) is 5.91 Å². The maximum absolute atomic E-state index is 10.9. The molecule has 3 N–H and O–H groups in total. The molecule has 2 rings (SSSR count). The van der Waals surface area contributed by atoms with Crippen LogP contribution in [0.2, 0.25) is 0 Å². The summed E-state index contributed by atoms with van der Waals surface area (Å²) in [5.74, 6) is 0.600. The van der Waals surface area contributed by atoms with Crippen LogP contribution < -0.4 is 11.1 Å². The summed E-state index contributed by atoms with van der Waals surface area (Å²) in [4.78, 5) is 10.9. The summed E-state index contributed by atoms with van der Waals surface area (Å²) in [6.07, 6.45) is 3.80. The molecule has 0 bridgehead atoms. The monoisotopic (exact) mass is 254 g/mol. The van der Waals surface area contributed by atoms with Crippen molar-refractivity contribution >= 4 is 24.0 Å². The Morgan fingerprint density at radius 2 is 1.94 bits per heavy atom. The molecule has 0 spiro atoms. The first kappa shape index (κ1) is 14.0. The maximum atomic E-state index is 10.9. The van der Waals surface area contributed by atoms with Crippen LogP contribution in [0.5, 0.6) is 0 Å². The number of carbonyl (C=O) groups is 1. The van der Waals surface area contributed by atoms with E-state index in [1.807, 2.05) is 24.3 Å². The summed E-state index contributed by atoms with van der Waals surface area (Å²) in [7, 11) is 0. The summed E-state index contributed by atoms with van der Waals surface area (Å²) in [5, 5.41) is 2.75. The number of benzene rings is 1. The van der Waals surface area contributed by atoms with E-state index in [1.54, 1.807) is 0 Å². The van der Waals surface area contributed by atoms with Crippen molar-refractivity contribution in [2.45, 2.75) is 32.2 Å². The third-order valence-electron chi connectivity index (χ3n) is 3.27. The van der Waals surface area contributed by atoms with Crippen LogP contribution in [0.4, 0.5) is 5.69 Å². The van der Waals surface area contributed by atoms with Crippen molar-refractivity contribution in [1.82, 2.24) is 0 Å². The molecule has 1 atom stereocenters. The molecule has 0 aliphatic heterocycles. The molecule has 94 valence electrons. The summed E-state index contributed by atoms with van der Waals surface area (Å²) < 4.78 is 0. The zero-order chi connectivity index (χ0) is 11.5. The Morgan fingerprint density at radius 1 is 1.35 bits per heavy atom. The van der Waals surface area contributed by atoms with Crippen molar-refractivity contribution in [2.75, 3.05) is 5.32 Å². The lowest BCUT2D eigenvalue weighted by Gasteiger charge is -2.31. The molecular weight excluding hydrogens is 236 g/mol. The van der Waals surface area contributed by atoms with Gasteiger partial charge in [-0.05, 0) is 36.5 Å². The van der Waals surface area contributed by atoms with Gasteiger partial charge in [-0.1, -0.05) is 18.6 Å². The Labute approximate surface area is 108 Å². The fraction of sp³-hybridized carbons (Fsp3) is 0.462. The predicted octanol–water partition coefficient (Wildman–Crippen LogP) is 2.87. The van der Waals surface area contributed by atoms with Crippen LogP contribution in [0.15, 0.2) is 24.3 Å². The van der Waals surface area contributed by atoms with Gasteiger partial charge in [0.1, 0.15) is 0 Å². The number of nitrogens with two attached hydrogens (primary N) is 1. The van der Waals surface area contributed by atoms with E-state index in [-0.39, 0.29) is 24.4 Å². The number of nitrogens with one attached hydrogen (secondary N) is 1. The van der Waals surface area contributed by atoms with Crippen molar-refractivity contribution in [3.63, 3.8) is 0 Å². The zero-order valence-corrected chi connectivity index (χ0v) is 10.8. The van der Waals surface area contributed by atoms with E-state index in [0.29, 0.717) is 5.92 Å². The molecule has 0 unspecified atom stereocenters. The lowest BCUT2D eigenvalue weighted by Crippen LogP contribution is -2.26. The topological polar surface area (TPSA) is 55.1 Å². The van der Waals surface area contributed by atoms with Crippen LogP contribution in [0.1, 0.15) is 37.8 Å². The van der Waals surface area contributed by atoms with Crippen LogP contribution in [-0.4, -0.2) is 5.91 Å². The van der Waals surface area contributed by atoms with Crippen molar-refractivity contribution in [3.05, 3.63) is 29.8 Å². The number of hydrogen-bond donors (Lipinski definition) is 2. The summed E-state index contributed by atoms with van der Waals surface area (Å²) >= 11 is 0. The molecule has 1 amide bonds. The van der Waals surface area contributed by atoms with Gasteiger partial charge >= 0.3 is 0 Å². The minimum atomic E-state index is -0.0453.